The lowest BCUT2D eigenvalue weighted by molar-refractivity contribution is 0.0994. The molecule has 3 aromatic heterocycles. The van der Waals surface area contributed by atoms with Gasteiger partial charge in [-0.15, -0.1) is 0 Å². The highest BCUT2D eigenvalue weighted by Crippen LogP contribution is 2.38. The van der Waals surface area contributed by atoms with Gasteiger partial charge < -0.3 is 24.5 Å². The Bertz CT molecular complexity index is 1390. The number of hydrogen-bond donors (Lipinski definition) is 1. The normalized spacial score (nSPS) is 15.6. The summed E-state index contributed by atoms with van der Waals surface area (Å²) in [6.45, 7) is 1.64. The molecule has 1 amide bonds. The topological polar surface area (TPSA) is 95.0 Å². The molecule has 1 saturated heterocycles. The maximum Gasteiger partial charge on any atom is 0.267 e. The van der Waals surface area contributed by atoms with E-state index in [4.69, 9.17) is 31.8 Å². The smallest absolute Gasteiger partial charge is 0.267 e. The van der Waals surface area contributed by atoms with Gasteiger partial charge in [-0.2, -0.15) is 0 Å². The lowest BCUT2D eigenvalue weighted by Crippen LogP contribution is -2.21. The number of anilines is 1. The average Bonchev–Trinajstić information content (AvgIpc) is 3.51. The summed E-state index contributed by atoms with van der Waals surface area (Å²) in [6, 6.07) is 11.5. The number of ether oxygens (including phenoxy) is 2. The SMILES string of the molecule is COc1cc(OC)c(-c2cn3ccc(N4CCC(c5cccnc5C(N)=O)C4)cc3n2)cc1Cl. The van der Waals surface area contributed by atoms with Crippen molar-refractivity contribution >= 4 is 28.8 Å². The Kier molecular flexibility index (Phi) is 5.75. The minimum Gasteiger partial charge on any atom is -0.496 e. The van der Waals surface area contributed by atoms with Crippen LogP contribution in [0.4, 0.5) is 5.69 Å². The highest BCUT2D eigenvalue weighted by Gasteiger charge is 2.28. The van der Waals surface area contributed by atoms with E-state index < -0.39 is 5.91 Å². The Hall–Kier alpha value is -3.78. The first-order chi connectivity index (χ1) is 16.5. The molecule has 0 bridgehead atoms. The number of primary amides is 1. The molecule has 5 rings (SSSR count). The van der Waals surface area contributed by atoms with E-state index in [0.29, 0.717) is 22.2 Å². The maximum absolute atomic E-state index is 11.8. The van der Waals surface area contributed by atoms with Gasteiger partial charge >= 0.3 is 0 Å². The van der Waals surface area contributed by atoms with Crippen molar-refractivity contribution in [2.45, 2.75) is 12.3 Å². The first kappa shape index (κ1) is 22.0. The summed E-state index contributed by atoms with van der Waals surface area (Å²) in [5.74, 6) is 0.877. The van der Waals surface area contributed by atoms with Crippen LogP contribution in [0.2, 0.25) is 5.02 Å². The van der Waals surface area contributed by atoms with Gasteiger partial charge in [-0.05, 0) is 30.2 Å². The molecular weight excluding hydrogens is 454 g/mol. The molecule has 8 nitrogen and oxygen atoms in total. The molecule has 2 N–H and O–H groups in total. The molecule has 0 radical (unpaired) electrons. The molecule has 1 unspecified atom stereocenters. The Morgan fingerprint density at radius 1 is 1.18 bits per heavy atom. The maximum atomic E-state index is 11.8. The van der Waals surface area contributed by atoms with Crippen LogP contribution in [0, 0.1) is 0 Å². The van der Waals surface area contributed by atoms with E-state index in [1.165, 1.54) is 0 Å². The van der Waals surface area contributed by atoms with E-state index in [2.05, 4.69) is 22.0 Å². The lowest BCUT2D eigenvalue weighted by atomic mass is 9.96. The summed E-state index contributed by atoms with van der Waals surface area (Å²) >= 11 is 6.36. The molecule has 1 aromatic carbocycles. The van der Waals surface area contributed by atoms with E-state index in [1.54, 1.807) is 32.5 Å². The molecule has 0 saturated carbocycles. The number of amides is 1. The van der Waals surface area contributed by atoms with Gasteiger partial charge in [-0.3, -0.25) is 9.78 Å². The molecular formula is C25H24ClN5O3. The molecule has 1 aliphatic heterocycles. The fourth-order valence-corrected chi connectivity index (χ4v) is 4.80. The summed E-state index contributed by atoms with van der Waals surface area (Å²) in [4.78, 5) is 23.1. The number of rotatable bonds is 6. The Morgan fingerprint density at radius 2 is 2.00 bits per heavy atom. The largest absolute Gasteiger partial charge is 0.496 e. The molecule has 1 aliphatic rings. The van der Waals surface area contributed by atoms with Crippen molar-refractivity contribution in [1.82, 2.24) is 14.4 Å². The predicted molar refractivity (Wildman–Crippen MR) is 131 cm³/mol. The third kappa shape index (κ3) is 3.90. The number of fused-ring (bicyclic) bond motifs is 1. The van der Waals surface area contributed by atoms with Crippen LogP contribution in [-0.2, 0) is 0 Å². The van der Waals surface area contributed by atoms with Gasteiger partial charge in [0.2, 0.25) is 0 Å². The second kappa shape index (κ2) is 8.87. The fourth-order valence-electron chi connectivity index (χ4n) is 4.56. The predicted octanol–water partition coefficient (Wildman–Crippen LogP) is 4.16. The zero-order valence-corrected chi connectivity index (χ0v) is 19.6. The van der Waals surface area contributed by atoms with Crippen molar-refractivity contribution < 1.29 is 14.3 Å². The summed E-state index contributed by atoms with van der Waals surface area (Å²) in [5.41, 5.74) is 10.2. The van der Waals surface area contributed by atoms with Crippen molar-refractivity contribution in [3.05, 3.63) is 71.3 Å². The van der Waals surface area contributed by atoms with Crippen LogP contribution < -0.4 is 20.1 Å². The summed E-state index contributed by atoms with van der Waals surface area (Å²) in [6.07, 6.45) is 6.45. The number of carbonyl (C=O) groups is 1. The first-order valence-electron chi connectivity index (χ1n) is 10.9. The molecule has 0 aliphatic carbocycles. The second-order valence-electron chi connectivity index (χ2n) is 8.20. The monoisotopic (exact) mass is 477 g/mol. The van der Waals surface area contributed by atoms with Gasteiger partial charge in [-0.1, -0.05) is 17.7 Å². The standard InChI is InChI=1S/C25H24ClN5O3/c1-33-21-12-22(34-2)19(26)11-18(21)20-14-31-9-6-16(10-23(31)29-20)30-8-5-15(13-30)17-4-3-7-28-24(17)25(27)32/h3-4,6-7,9-12,14-15H,5,8,13H2,1-2H3,(H2,27,32). The van der Waals surface area contributed by atoms with Crippen LogP contribution in [0.25, 0.3) is 16.9 Å². The quantitative estimate of drug-likeness (QED) is 0.448. The van der Waals surface area contributed by atoms with E-state index in [-0.39, 0.29) is 5.92 Å². The summed E-state index contributed by atoms with van der Waals surface area (Å²) in [5, 5.41) is 0.491. The number of pyridine rings is 2. The van der Waals surface area contributed by atoms with Crippen LogP contribution in [0.3, 0.4) is 0 Å². The Balaban J connectivity index is 1.44. The summed E-state index contributed by atoms with van der Waals surface area (Å²) < 4.78 is 12.8. The van der Waals surface area contributed by atoms with Gasteiger partial charge in [0.15, 0.2) is 0 Å². The second-order valence-corrected chi connectivity index (χ2v) is 8.61. The molecule has 1 fully saturated rings. The van der Waals surface area contributed by atoms with Crippen molar-refractivity contribution in [2.24, 2.45) is 5.73 Å². The first-order valence-corrected chi connectivity index (χ1v) is 11.3. The third-order valence-corrected chi connectivity index (χ3v) is 6.55. The van der Waals surface area contributed by atoms with E-state index >= 15 is 0 Å². The molecule has 0 spiro atoms. The minimum atomic E-state index is -0.491. The Morgan fingerprint density at radius 3 is 2.76 bits per heavy atom. The van der Waals surface area contributed by atoms with Crippen LogP contribution >= 0.6 is 11.6 Å². The van der Waals surface area contributed by atoms with Crippen molar-refractivity contribution in [3.8, 4) is 22.8 Å². The van der Waals surface area contributed by atoms with Crippen molar-refractivity contribution in [1.29, 1.82) is 0 Å². The number of benzene rings is 1. The molecule has 174 valence electrons. The van der Waals surface area contributed by atoms with E-state index in [9.17, 15) is 4.79 Å². The van der Waals surface area contributed by atoms with Gasteiger partial charge in [0.05, 0.1) is 24.9 Å². The zero-order chi connectivity index (χ0) is 23.8. The number of methoxy groups -OCH3 is 2. The highest BCUT2D eigenvalue weighted by atomic mass is 35.5. The van der Waals surface area contributed by atoms with Gasteiger partial charge in [-0.25, -0.2) is 4.98 Å². The van der Waals surface area contributed by atoms with Crippen LogP contribution in [-0.4, -0.2) is 47.6 Å². The van der Waals surface area contributed by atoms with Crippen molar-refractivity contribution in [2.75, 3.05) is 32.2 Å². The van der Waals surface area contributed by atoms with Crippen LogP contribution in [0.5, 0.6) is 11.5 Å². The van der Waals surface area contributed by atoms with Gasteiger partial charge in [0.1, 0.15) is 22.8 Å². The molecule has 4 aromatic rings. The lowest BCUT2D eigenvalue weighted by Gasteiger charge is -2.19. The number of imidazole rings is 1. The number of nitrogens with two attached hydrogens (primary N) is 1. The third-order valence-electron chi connectivity index (χ3n) is 6.26. The number of carbonyl (C=O) groups excluding carboxylic acids is 1. The van der Waals surface area contributed by atoms with Gasteiger partial charge in [0.25, 0.3) is 5.91 Å². The number of hydrogen-bond acceptors (Lipinski definition) is 6. The fraction of sp³-hybridized carbons (Fsp3) is 0.240. The molecule has 1 atom stereocenters. The number of nitrogens with zero attached hydrogens (tertiary/aromatic N) is 4. The molecule has 4 heterocycles. The highest BCUT2D eigenvalue weighted by molar-refractivity contribution is 6.32. The van der Waals surface area contributed by atoms with E-state index in [1.807, 2.05) is 28.9 Å². The molecule has 9 heteroatoms. The van der Waals surface area contributed by atoms with Crippen LogP contribution in [0.1, 0.15) is 28.4 Å². The average molecular weight is 478 g/mol. The summed E-state index contributed by atoms with van der Waals surface area (Å²) in [7, 11) is 3.18. The Labute approximate surface area is 201 Å². The zero-order valence-electron chi connectivity index (χ0n) is 18.9. The van der Waals surface area contributed by atoms with Crippen molar-refractivity contribution in [3.63, 3.8) is 0 Å². The van der Waals surface area contributed by atoms with Crippen LogP contribution in [0.15, 0.2) is 55.0 Å². The van der Waals surface area contributed by atoms with E-state index in [0.717, 1.165) is 47.7 Å². The number of aromatic nitrogens is 3. The van der Waals surface area contributed by atoms with Gasteiger partial charge in [0, 0.05) is 61.0 Å². The minimum absolute atomic E-state index is 0.188. The number of halogens is 1. The molecule has 34 heavy (non-hydrogen) atoms.